The van der Waals surface area contributed by atoms with E-state index in [9.17, 15) is 17.6 Å². The smallest absolute Gasteiger partial charge is 0.265 e. The molecule has 0 saturated carbocycles. The maximum absolute atomic E-state index is 14.1. The van der Waals surface area contributed by atoms with Crippen molar-refractivity contribution in [3.63, 3.8) is 0 Å². The summed E-state index contributed by atoms with van der Waals surface area (Å²) in [5.41, 5.74) is 3.96. The number of amides is 1. The average molecular weight is 487 g/mol. The lowest BCUT2D eigenvalue weighted by molar-refractivity contribution is -0.120. The molecule has 0 aromatic heterocycles. The summed E-state index contributed by atoms with van der Waals surface area (Å²) in [6.45, 7) is 1.55. The number of aryl methyl sites for hydroxylation is 1. The highest BCUT2D eigenvalue weighted by Crippen LogP contribution is 2.43. The van der Waals surface area contributed by atoms with Crippen LogP contribution in [-0.4, -0.2) is 20.9 Å². The zero-order valence-electron chi connectivity index (χ0n) is 19.0. The van der Waals surface area contributed by atoms with E-state index in [1.165, 1.54) is 24.3 Å². The third kappa shape index (κ3) is 4.31. The summed E-state index contributed by atoms with van der Waals surface area (Å²) in [4.78, 5) is 13.4. The number of hydrogen-bond donors (Lipinski definition) is 1. The van der Waals surface area contributed by atoms with Crippen LogP contribution in [0.25, 0.3) is 11.1 Å². The summed E-state index contributed by atoms with van der Waals surface area (Å²) >= 11 is 0. The molecule has 0 spiro atoms. The fourth-order valence-corrected chi connectivity index (χ4v) is 6.02. The van der Waals surface area contributed by atoms with Crippen molar-refractivity contribution in [1.29, 1.82) is 0 Å². The van der Waals surface area contributed by atoms with E-state index in [0.29, 0.717) is 11.1 Å². The monoisotopic (exact) mass is 486 g/mol. The summed E-state index contributed by atoms with van der Waals surface area (Å²) in [5.74, 6) is -0.955. The van der Waals surface area contributed by atoms with Crippen LogP contribution < -0.4 is 9.62 Å². The predicted octanol–water partition coefficient (Wildman–Crippen LogP) is 5.22. The minimum absolute atomic E-state index is 0.0454. The largest absolute Gasteiger partial charge is 0.344 e. The van der Waals surface area contributed by atoms with Crippen molar-refractivity contribution in [2.24, 2.45) is 0 Å². The molecule has 1 aliphatic rings. The Bertz CT molecular complexity index is 1500. The van der Waals surface area contributed by atoms with Gasteiger partial charge in [-0.1, -0.05) is 78.4 Å². The van der Waals surface area contributed by atoms with E-state index in [2.05, 4.69) is 5.32 Å². The second-order valence-electron chi connectivity index (χ2n) is 8.49. The number of carbonyl (C=O) groups is 1. The molecule has 0 radical (unpaired) electrons. The van der Waals surface area contributed by atoms with Gasteiger partial charge < -0.3 is 5.32 Å². The van der Waals surface area contributed by atoms with E-state index >= 15 is 0 Å². The molecule has 0 aliphatic carbocycles. The van der Waals surface area contributed by atoms with Crippen LogP contribution in [0.5, 0.6) is 0 Å². The third-order valence-electron chi connectivity index (χ3n) is 6.11. The van der Waals surface area contributed by atoms with Crippen LogP contribution in [0.1, 0.15) is 22.7 Å². The van der Waals surface area contributed by atoms with Crippen molar-refractivity contribution in [2.45, 2.75) is 17.9 Å². The number of fused-ring (bicyclic) bond motifs is 3. The van der Waals surface area contributed by atoms with Crippen molar-refractivity contribution >= 4 is 21.6 Å². The molecular formula is C28H23FN2O3S. The molecule has 0 bridgehead atoms. The highest BCUT2D eigenvalue weighted by atomic mass is 32.2. The quantitative estimate of drug-likeness (QED) is 0.421. The summed E-state index contributed by atoms with van der Waals surface area (Å²) < 4.78 is 42.2. The second kappa shape index (κ2) is 9.00. The van der Waals surface area contributed by atoms with Crippen molar-refractivity contribution in [2.75, 3.05) is 10.8 Å². The normalized spacial score (nSPS) is 14.5. The molecule has 1 amide bonds. The molecule has 0 unspecified atom stereocenters. The first-order valence-corrected chi connectivity index (χ1v) is 12.6. The van der Waals surface area contributed by atoms with Crippen LogP contribution in [0, 0.1) is 12.7 Å². The number of benzene rings is 4. The number of nitrogens with one attached hydrogen (secondary N) is 1. The van der Waals surface area contributed by atoms with Gasteiger partial charge in [-0.25, -0.2) is 12.8 Å². The molecule has 1 aliphatic heterocycles. The zero-order valence-corrected chi connectivity index (χ0v) is 19.8. The van der Waals surface area contributed by atoms with Gasteiger partial charge >= 0.3 is 0 Å². The van der Waals surface area contributed by atoms with E-state index in [0.717, 1.165) is 21.0 Å². The van der Waals surface area contributed by atoms with Crippen LogP contribution in [0.15, 0.2) is 102 Å². The highest BCUT2D eigenvalue weighted by Gasteiger charge is 2.36. The highest BCUT2D eigenvalue weighted by molar-refractivity contribution is 7.93. The third-order valence-corrected chi connectivity index (χ3v) is 7.93. The summed E-state index contributed by atoms with van der Waals surface area (Å²) in [6.07, 6.45) is 0. The van der Waals surface area contributed by atoms with E-state index in [1.54, 1.807) is 18.2 Å². The van der Waals surface area contributed by atoms with Crippen LogP contribution in [0.4, 0.5) is 10.1 Å². The Morgan fingerprint density at radius 1 is 0.857 bits per heavy atom. The predicted molar refractivity (Wildman–Crippen MR) is 134 cm³/mol. The van der Waals surface area contributed by atoms with Crippen molar-refractivity contribution in [3.05, 3.63) is 120 Å². The molecule has 0 fully saturated rings. The van der Waals surface area contributed by atoms with Gasteiger partial charge in [0, 0.05) is 11.1 Å². The number of nitrogens with zero attached hydrogens (tertiary/aromatic N) is 1. The van der Waals surface area contributed by atoms with Crippen molar-refractivity contribution in [3.8, 4) is 11.1 Å². The molecule has 5 nitrogen and oxygen atoms in total. The number of carbonyl (C=O) groups excluding carboxylic acids is 1. The minimum atomic E-state index is -4.02. The Balaban J connectivity index is 1.50. The second-order valence-corrected chi connectivity index (χ2v) is 10.3. The first-order chi connectivity index (χ1) is 16.8. The van der Waals surface area contributed by atoms with Gasteiger partial charge in [0.15, 0.2) is 0 Å². The molecular weight excluding hydrogens is 463 g/mol. The lowest BCUT2D eigenvalue weighted by atomic mass is 9.98. The van der Waals surface area contributed by atoms with Gasteiger partial charge in [-0.15, -0.1) is 0 Å². The molecule has 1 atom stereocenters. The molecule has 35 heavy (non-hydrogen) atoms. The first kappa shape index (κ1) is 22.8. The van der Waals surface area contributed by atoms with Gasteiger partial charge in [0.25, 0.3) is 10.0 Å². The van der Waals surface area contributed by atoms with E-state index < -0.39 is 34.3 Å². The Hall–Kier alpha value is -3.97. The fourth-order valence-electron chi connectivity index (χ4n) is 4.37. The zero-order chi connectivity index (χ0) is 24.6. The van der Waals surface area contributed by atoms with Gasteiger partial charge in [0.2, 0.25) is 5.91 Å². The van der Waals surface area contributed by atoms with Gasteiger partial charge in [0.05, 0.1) is 16.6 Å². The number of hydrogen-bond acceptors (Lipinski definition) is 3. The lowest BCUT2D eigenvalue weighted by Gasteiger charge is -2.32. The number of halogens is 1. The molecule has 4 aromatic carbocycles. The van der Waals surface area contributed by atoms with Crippen LogP contribution in [-0.2, 0) is 14.8 Å². The standard InChI is InChI=1S/C28H23FN2O3S/c1-19-11-13-21(14-12-19)28(20-7-3-2-4-8-20)30-27(32)18-31-25-16-15-22(29)17-24(25)23-9-5-6-10-26(23)35(31,33)34/h2-17,28H,18H2,1H3,(H,30,32)/t28-/m1/s1. The number of sulfonamides is 1. The Labute approximate surface area is 203 Å². The van der Waals surface area contributed by atoms with Gasteiger partial charge in [-0.2, -0.15) is 0 Å². The fraction of sp³-hybridized carbons (Fsp3) is 0.107. The summed E-state index contributed by atoms with van der Waals surface area (Å²) in [7, 11) is -4.02. The van der Waals surface area contributed by atoms with Gasteiger partial charge in [-0.05, 0) is 42.3 Å². The Morgan fingerprint density at radius 2 is 1.51 bits per heavy atom. The van der Waals surface area contributed by atoms with Crippen LogP contribution >= 0.6 is 0 Å². The van der Waals surface area contributed by atoms with Gasteiger partial charge in [0.1, 0.15) is 12.4 Å². The Kier molecular flexibility index (Phi) is 5.86. The summed E-state index contributed by atoms with van der Waals surface area (Å²) in [5, 5.41) is 3.00. The molecule has 176 valence electrons. The van der Waals surface area contributed by atoms with Crippen molar-refractivity contribution in [1.82, 2.24) is 5.32 Å². The van der Waals surface area contributed by atoms with E-state index in [1.807, 2.05) is 61.5 Å². The maximum atomic E-state index is 14.1. The molecule has 7 heteroatoms. The van der Waals surface area contributed by atoms with E-state index in [4.69, 9.17) is 0 Å². The Morgan fingerprint density at radius 3 is 2.26 bits per heavy atom. The number of rotatable bonds is 5. The van der Waals surface area contributed by atoms with Crippen LogP contribution in [0.3, 0.4) is 0 Å². The molecule has 0 saturated heterocycles. The lowest BCUT2D eigenvalue weighted by Crippen LogP contribution is -2.43. The molecule has 5 rings (SSSR count). The molecule has 1 heterocycles. The van der Waals surface area contributed by atoms with E-state index in [-0.39, 0.29) is 10.6 Å². The molecule has 1 N–H and O–H groups in total. The SMILES string of the molecule is Cc1ccc([C@H](NC(=O)CN2c3ccc(F)cc3-c3ccccc3S2(=O)=O)c2ccccc2)cc1. The van der Waals surface area contributed by atoms with Crippen molar-refractivity contribution < 1.29 is 17.6 Å². The number of anilines is 1. The van der Waals surface area contributed by atoms with Crippen LogP contribution in [0.2, 0.25) is 0 Å². The molecule has 4 aromatic rings. The maximum Gasteiger partial charge on any atom is 0.265 e. The average Bonchev–Trinajstić information content (AvgIpc) is 2.86. The first-order valence-electron chi connectivity index (χ1n) is 11.2. The topological polar surface area (TPSA) is 66.5 Å². The summed E-state index contributed by atoms with van der Waals surface area (Å²) in [6, 6.07) is 27.2. The van der Waals surface area contributed by atoms with Gasteiger partial charge in [-0.3, -0.25) is 9.10 Å². The minimum Gasteiger partial charge on any atom is -0.344 e.